The summed E-state index contributed by atoms with van der Waals surface area (Å²) in [5.41, 5.74) is 0.598. The Bertz CT molecular complexity index is 660. The van der Waals surface area contributed by atoms with Gasteiger partial charge in [0.2, 0.25) is 0 Å². The van der Waals surface area contributed by atoms with E-state index in [-0.39, 0.29) is 12.1 Å². The van der Waals surface area contributed by atoms with Crippen molar-refractivity contribution in [3.63, 3.8) is 0 Å². The van der Waals surface area contributed by atoms with Gasteiger partial charge in [0.25, 0.3) is 0 Å². The Morgan fingerprint density at radius 2 is 2.04 bits per heavy atom. The number of hydrogen-bond donors (Lipinski definition) is 2. The lowest BCUT2D eigenvalue weighted by Crippen LogP contribution is -2.42. The number of carbonyl (C=O) groups excluding carboxylic acids is 1. The normalized spacial score (nSPS) is 16.5. The van der Waals surface area contributed by atoms with E-state index >= 15 is 0 Å². The van der Waals surface area contributed by atoms with Crippen molar-refractivity contribution >= 4 is 35.1 Å². The molecule has 7 heteroatoms. The first kappa shape index (κ1) is 17.2. The largest absolute Gasteiger partial charge is 0.468 e. The first-order valence-corrected chi connectivity index (χ1v) is 9.42. The highest BCUT2D eigenvalue weighted by Crippen LogP contribution is 2.24. The van der Waals surface area contributed by atoms with Crippen LogP contribution in [-0.2, 0) is 0 Å². The Morgan fingerprint density at radius 1 is 1.25 bits per heavy atom. The maximum Gasteiger partial charge on any atom is 0.319 e. The van der Waals surface area contributed by atoms with Gasteiger partial charge in [-0.15, -0.1) is 0 Å². The summed E-state index contributed by atoms with van der Waals surface area (Å²) >= 11 is 8.02. The lowest BCUT2D eigenvalue weighted by atomic mass is 10.2. The summed E-state index contributed by atoms with van der Waals surface area (Å²) in [5, 5.41) is 6.22. The number of thioether (sulfide) groups is 1. The average Bonchev–Trinajstić information content (AvgIpc) is 3.12. The minimum absolute atomic E-state index is 0.0397. The van der Waals surface area contributed by atoms with Crippen LogP contribution >= 0.6 is 23.4 Å². The molecule has 1 atom stereocenters. The summed E-state index contributed by atoms with van der Waals surface area (Å²) in [5.74, 6) is 3.08. The highest BCUT2D eigenvalue weighted by molar-refractivity contribution is 7.99. The fraction of sp³-hybridized carbons (Fsp3) is 0.353. The quantitative estimate of drug-likeness (QED) is 0.845. The van der Waals surface area contributed by atoms with Crippen LogP contribution in [0, 0.1) is 0 Å². The van der Waals surface area contributed by atoms with Crippen molar-refractivity contribution < 1.29 is 9.21 Å². The summed E-state index contributed by atoms with van der Waals surface area (Å²) in [7, 11) is 0. The second-order valence-electron chi connectivity index (χ2n) is 5.49. The number of rotatable bonds is 5. The highest BCUT2D eigenvalue weighted by atomic mass is 35.5. The van der Waals surface area contributed by atoms with Crippen molar-refractivity contribution in [1.29, 1.82) is 0 Å². The molecule has 128 valence electrons. The van der Waals surface area contributed by atoms with Gasteiger partial charge in [-0.05, 0) is 24.3 Å². The van der Waals surface area contributed by atoms with Gasteiger partial charge in [0.15, 0.2) is 0 Å². The molecule has 1 aliphatic heterocycles. The van der Waals surface area contributed by atoms with Gasteiger partial charge in [-0.1, -0.05) is 23.7 Å². The molecule has 1 aromatic heterocycles. The molecule has 2 aromatic rings. The van der Waals surface area contributed by atoms with Crippen LogP contribution in [0.5, 0.6) is 0 Å². The Hall–Kier alpha value is -1.63. The molecule has 1 aromatic carbocycles. The molecule has 0 radical (unpaired) electrons. The monoisotopic (exact) mass is 365 g/mol. The molecule has 0 spiro atoms. The number of nitrogens with zero attached hydrogens (tertiary/aromatic N) is 1. The number of hydrogen-bond acceptors (Lipinski definition) is 4. The average molecular weight is 366 g/mol. The molecule has 2 amide bonds. The van der Waals surface area contributed by atoms with Crippen molar-refractivity contribution in [2.24, 2.45) is 0 Å². The van der Waals surface area contributed by atoms with Crippen LogP contribution in [0.2, 0.25) is 5.02 Å². The molecule has 1 aliphatic rings. The molecule has 0 aliphatic carbocycles. The standard InChI is InChI=1S/C17H20ClN3O2S/c18-13-4-1-2-5-14(13)20-17(22)19-12-15(16-6-3-9-23-16)21-7-10-24-11-8-21/h1-6,9,15H,7-8,10-12H2,(H2,19,20,22). The molecular weight excluding hydrogens is 346 g/mol. The molecule has 1 unspecified atom stereocenters. The molecule has 2 heterocycles. The van der Waals surface area contributed by atoms with Gasteiger partial charge in [0.05, 0.1) is 23.0 Å². The van der Waals surface area contributed by atoms with E-state index in [1.54, 1.807) is 18.4 Å². The SMILES string of the molecule is O=C(NCC(c1ccco1)N1CCSCC1)Nc1ccccc1Cl. The van der Waals surface area contributed by atoms with E-state index in [0.29, 0.717) is 17.3 Å². The number of amides is 2. The number of nitrogens with one attached hydrogen (secondary N) is 2. The zero-order valence-corrected chi connectivity index (χ0v) is 14.8. The Balaban J connectivity index is 1.61. The van der Waals surface area contributed by atoms with E-state index in [1.807, 2.05) is 36.0 Å². The number of anilines is 1. The third kappa shape index (κ3) is 4.47. The molecule has 3 rings (SSSR count). The van der Waals surface area contributed by atoms with Gasteiger partial charge in [0.1, 0.15) is 5.76 Å². The van der Waals surface area contributed by atoms with E-state index < -0.39 is 0 Å². The lowest BCUT2D eigenvalue weighted by Gasteiger charge is -2.33. The summed E-state index contributed by atoms with van der Waals surface area (Å²) in [6, 6.07) is 10.8. The number of urea groups is 1. The van der Waals surface area contributed by atoms with Crippen molar-refractivity contribution in [3.05, 3.63) is 53.4 Å². The first-order valence-electron chi connectivity index (χ1n) is 7.88. The predicted molar refractivity (Wildman–Crippen MR) is 98.8 cm³/mol. The van der Waals surface area contributed by atoms with E-state index in [0.717, 1.165) is 30.4 Å². The van der Waals surface area contributed by atoms with Crippen molar-refractivity contribution in [2.75, 3.05) is 36.5 Å². The third-order valence-corrected chi connectivity index (χ3v) is 5.21. The molecule has 1 fully saturated rings. The zero-order valence-electron chi connectivity index (χ0n) is 13.2. The molecule has 1 saturated heterocycles. The zero-order chi connectivity index (χ0) is 16.8. The highest BCUT2D eigenvalue weighted by Gasteiger charge is 2.25. The molecule has 5 nitrogen and oxygen atoms in total. The van der Waals surface area contributed by atoms with Gasteiger partial charge in [-0.25, -0.2) is 4.79 Å². The lowest BCUT2D eigenvalue weighted by molar-refractivity contribution is 0.187. The number of halogens is 1. The Labute approximate surface area is 150 Å². The number of benzene rings is 1. The Kier molecular flexibility index (Phi) is 6.07. The van der Waals surface area contributed by atoms with Crippen LogP contribution in [0.1, 0.15) is 11.8 Å². The molecule has 0 saturated carbocycles. The Morgan fingerprint density at radius 3 is 2.75 bits per heavy atom. The topological polar surface area (TPSA) is 57.5 Å². The fourth-order valence-electron chi connectivity index (χ4n) is 2.70. The maximum absolute atomic E-state index is 12.2. The molecule has 0 bridgehead atoms. The van der Waals surface area contributed by atoms with Crippen molar-refractivity contribution in [2.45, 2.75) is 6.04 Å². The van der Waals surface area contributed by atoms with Crippen LogP contribution < -0.4 is 10.6 Å². The molecule has 2 N–H and O–H groups in total. The van der Waals surface area contributed by atoms with Crippen molar-refractivity contribution in [3.8, 4) is 0 Å². The van der Waals surface area contributed by atoms with Gasteiger partial charge in [-0.3, -0.25) is 4.90 Å². The van der Waals surface area contributed by atoms with Gasteiger partial charge < -0.3 is 15.1 Å². The molecular formula is C17H20ClN3O2S. The van der Waals surface area contributed by atoms with E-state index in [4.69, 9.17) is 16.0 Å². The van der Waals surface area contributed by atoms with Gasteiger partial charge >= 0.3 is 6.03 Å². The van der Waals surface area contributed by atoms with E-state index in [2.05, 4.69) is 15.5 Å². The first-order chi connectivity index (χ1) is 11.7. The van der Waals surface area contributed by atoms with Crippen LogP contribution in [0.4, 0.5) is 10.5 Å². The number of furan rings is 1. The van der Waals surface area contributed by atoms with Gasteiger partial charge in [-0.2, -0.15) is 11.8 Å². The summed E-state index contributed by atoms with van der Waals surface area (Å²) in [6.45, 7) is 2.46. The van der Waals surface area contributed by atoms with Crippen LogP contribution in [0.25, 0.3) is 0 Å². The molecule has 24 heavy (non-hydrogen) atoms. The van der Waals surface area contributed by atoms with E-state index in [9.17, 15) is 4.79 Å². The number of para-hydroxylation sites is 1. The minimum Gasteiger partial charge on any atom is -0.468 e. The summed E-state index contributed by atoms with van der Waals surface area (Å²) in [6.07, 6.45) is 1.67. The van der Waals surface area contributed by atoms with Crippen LogP contribution in [0.15, 0.2) is 47.1 Å². The third-order valence-electron chi connectivity index (χ3n) is 3.94. The predicted octanol–water partition coefficient (Wildman–Crippen LogP) is 3.84. The fourth-order valence-corrected chi connectivity index (χ4v) is 3.81. The second kappa shape index (κ2) is 8.46. The van der Waals surface area contributed by atoms with Crippen LogP contribution in [0.3, 0.4) is 0 Å². The minimum atomic E-state index is -0.272. The maximum atomic E-state index is 12.2. The van der Waals surface area contributed by atoms with Gasteiger partial charge in [0, 0.05) is 31.1 Å². The van der Waals surface area contributed by atoms with E-state index in [1.165, 1.54) is 0 Å². The summed E-state index contributed by atoms with van der Waals surface area (Å²) in [4.78, 5) is 14.5. The summed E-state index contributed by atoms with van der Waals surface area (Å²) < 4.78 is 5.58. The van der Waals surface area contributed by atoms with Crippen molar-refractivity contribution in [1.82, 2.24) is 10.2 Å². The smallest absolute Gasteiger partial charge is 0.319 e. The van der Waals surface area contributed by atoms with Crippen LogP contribution in [-0.4, -0.2) is 42.1 Å². The second-order valence-corrected chi connectivity index (χ2v) is 7.13. The number of carbonyl (C=O) groups is 1.